The van der Waals surface area contributed by atoms with Gasteiger partial charge in [-0.3, -0.25) is 4.79 Å². The highest BCUT2D eigenvalue weighted by Gasteiger charge is 2.50. The number of hydrogen-bond donors (Lipinski definition) is 2. The molecule has 0 bridgehead atoms. The second-order valence-electron chi connectivity index (χ2n) is 5.15. The summed E-state index contributed by atoms with van der Waals surface area (Å²) in [7, 11) is 0. The summed E-state index contributed by atoms with van der Waals surface area (Å²) in [5.74, 6) is -0.139. The van der Waals surface area contributed by atoms with Crippen LogP contribution in [0.2, 0.25) is 0 Å². The van der Waals surface area contributed by atoms with Crippen LogP contribution >= 0.6 is 0 Å². The summed E-state index contributed by atoms with van der Waals surface area (Å²) < 4.78 is 0. The third-order valence-electron chi connectivity index (χ3n) is 3.85. The van der Waals surface area contributed by atoms with E-state index in [1.807, 2.05) is 31.2 Å². The van der Waals surface area contributed by atoms with Crippen LogP contribution in [0.15, 0.2) is 24.3 Å². The molecule has 2 aromatic rings. The first-order valence-electron chi connectivity index (χ1n) is 6.42. The molecular formula is C15H15N3O. The van der Waals surface area contributed by atoms with Gasteiger partial charge in [0.25, 0.3) is 0 Å². The number of aromatic amines is 1. The first-order valence-corrected chi connectivity index (χ1v) is 6.42. The number of aromatic nitrogens is 1. The van der Waals surface area contributed by atoms with Gasteiger partial charge in [0.05, 0.1) is 6.07 Å². The summed E-state index contributed by atoms with van der Waals surface area (Å²) in [5.41, 5.74) is 2.48. The van der Waals surface area contributed by atoms with E-state index in [9.17, 15) is 4.79 Å². The molecule has 1 saturated carbocycles. The molecule has 2 N–H and O–H groups in total. The normalized spacial score (nSPS) is 16.0. The fourth-order valence-corrected chi connectivity index (χ4v) is 2.42. The lowest BCUT2D eigenvalue weighted by atomic mass is 10.1. The van der Waals surface area contributed by atoms with E-state index in [-0.39, 0.29) is 5.91 Å². The van der Waals surface area contributed by atoms with Crippen molar-refractivity contribution in [3.63, 3.8) is 0 Å². The predicted octanol–water partition coefficient (Wildman–Crippen LogP) is 2.40. The molecule has 0 atom stereocenters. The molecule has 0 saturated heterocycles. The summed E-state index contributed by atoms with van der Waals surface area (Å²) in [6.07, 6.45) is 1.37. The molecule has 1 aliphatic carbocycles. The number of fused-ring (bicyclic) bond motifs is 1. The van der Waals surface area contributed by atoms with Gasteiger partial charge in [-0.1, -0.05) is 18.2 Å². The molecule has 1 aromatic heterocycles. The van der Waals surface area contributed by atoms with E-state index in [1.54, 1.807) is 0 Å². The Labute approximate surface area is 111 Å². The number of nitrogens with zero attached hydrogens (tertiary/aromatic N) is 1. The molecule has 1 fully saturated rings. The van der Waals surface area contributed by atoms with Gasteiger partial charge in [-0.05, 0) is 31.4 Å². The Kier molecular flexibility index (Phi) is 2.56. The fourth-order valence-electron chi connectivity index (χ4n) is 2.42. The molecule has 0 aliphatic heterocycles. The van der Waals surface area contributed by atoms with Crippen molar-refractivity contribution in [1.29, 1.82) is 5.26 Å². The van der Waals surface area contributed by atoms with E-state index in [0.29, 0.717) is 19.4 Å². The van der Waals surface area contributed by atoms with Gasteiger partial charge in [-0.15, -0.1) is 0 Å². The van der Waals surface area contributed by atoms with Gasteiger partial charge in [0, 0.05) is 23.1 Å². The molecule has 96 valence electrons. The number of aryl methyl sites for hydroxylation is 1. The maximum Gasteiger partial charge on any atom is 0.240 e. The van der Waals surface area contributed by atoms with Crippen LogP contribution in [0.3, 0.4) is 0 Å². The van der Waals surface area contributed by atoms with Gasteiger partial charge in [-0.25, -0.2) is 0 Å². The molecule has 1 aliphatic rings. The summed E-state index contributed by atoms with van der Waals surface area (Å²) in [4.78, 5) is 15.3. The Hall–Kier alpha value is -2.28. The Morgan fingerprint density at radius 2 is 2.21 bits per heavy atom. The highest BCUT2D eigenvalue weighted by atomic mass is 16.2. The van der Waals surface area contributed by atoms with Gasteiger partial charge in [0.2, 0.25) is 5.91 Å². The predicted molar refractivity (Wildman–Crippen MR) is 72.2 cm³/mol. The van der Waals surface area contributed by atoms with Gasteiger partial charge >= 0.3 is 0 Å². The minimum Gasteiger partial charge on any atom is -0.358 e. The monoisotopic (exact) mass is 253 g/mol. The fraction of sp³-hybridized carbons (Fsp3) is 0.333. The van der Waals surface area contributed by atoms with Crippen molar-refractivity contribution in [3.8, 4) is 6.07 Å². The summed E-state index contributed by atoms with van der Waals surface area (Å²) >= 11 is 0. The average molecular weight is 253 g/mol. The van der Waals surface area contributed by atoms with Crippen molar-refractivity contribution in [2.24, 2.45) is 5.41 Å². The van der Waals surface area contributed by atoms with Crippen molar-refractivity contribution in [2.45, 2.75) is 26.3 Å². The van der Waals surface area contributed by atoms with Crippen LogP contribution in [0, 0.1) is 23.7 Å². The zero-order valence-electron chi connectivity index (χ0n) is 10.8. The molecule has 19 heavy (non-hydrogen) atoms. The van der Waals surface area contributed by atoms with Gasteiger partial charge in [-0.2, -0.15) is 5.26 Å². The quantitative estimate of drug-likeness (QED) is 0.881. The first-order chi connectivity index (χ1) is 9.16. The van der Waals surface area contributed by atoms with Crippen molar-refractivity contribution < 1.29 is 4.79 Å². The van der Waals surface area contributed by atoms with Gasteiger partial charge in [0.1, 0.15) is 5.41 Å². The topological polar surface area (TPSA) is 68.7 Å². The van der Waals surface area contributed by atoms with Crippen molar-refractivity contribution in [1.82, 2.24) is 10.3 Å². The number of nitriles is 1. The number of H-pyrrole nitrogens is 1. The third-order valence-corrected chi connectivity index (χ3v) is 3.85. The van der Waals surface area contributed by atoms with Crippen LogP contribution in [0.5, 0.6) is 0 Å². The second-order valence-corrected chi connectivity index (χ2v) is 5.15. The van der Waals surface area contributed by atoms with E-state index in [0.717, 1.165) is 22.2 Å². The Bertz CT molecular complexity index is 689. The molecule has 4 nitrogen and oxygen atoms in total. The van der Waals surface area contributed by atoms with E-state index >= 15 is 0 Å². The molecule has 0 radical (unpaired) electrons. The number of carbonyl (C=O) groups excluding carboxylic acids is 1. The van der Waals surface area contributed by atoms with E-state index in [1.165, 1.54) is 0 Å². The minimum atomic E-state index is -0.750. The molecule has 1 amide bonds. The third kappa shape index (κ3) is 1.88. The average Bonchev–Trinajstić information content (AvgIpc) is 3.15. The molecule has 0 spiro atoms. The van der Waals surface area contributed by atoms with Crippen LogP contribution < -0.4 is 5.32 Å². The molecule has 4 heteroatoms. The lowest BCUT2D eigenvalue weighted by molar-refractivity contribution is -0.124. The molecule has 1 aromatic carbocycles. The maximum atomic E-state index is 12.0. The zero-order chi connectivity index (χ0) is 13.5. The molecule has 0 unspecified atom stereocenters. The second kappa shape index (κ2) is 4.13. The lowest BCUT2D eigenvalue weighted by Crippen LogP contribution is -2.30. The largest absolute Gasteiger partial charge is 0.358 e. The number of nitrogens with one attached hydrogen (secondary N) is 2. The van der Waals surface area contributed by atoms with Crippen LogP contribution in [0.4, 0.5) is 0 Å². The van der Waals surface area contributed by atoms with Crippen molar-refractivity contribution in [3.05, 3.63) is 35.5 Å². The van der Waals surface area contributed by atoms with Crippen molar-refractivity contribution >= 4 is 16.8 Å². The van der Waals surface area contributed by atoms with Gasteiger partial charge in [0.15, 0.2) is 0 Å². The SMILES string of the molecule is Cc1[nH]c2ccccc2c1CNC(=O)C1(C#N)CC1. The molecular weight excluding hydrogens is 238 g/mol. The number of para-hydroxylation sites is 1. The summed E-state index contributed by atoms with van der Waals surface area (Å²) in [6.45, 7) is 2.47. The van der Waals surface area contributed by atoms with Crippen LogP contribution in [0.1, 0.15) is 24.1 Å². The smallest absolute Gasteiger partial charge is 0.240 e. The van der Waals surface area contributed by atoms with E-state index in [4.69, 9.17) is 5.26 Å². The lowest BCUT2D eigenvalue weighted by Gasteiger charge is -2.08. The highest BCUT2D eigenvalue weighted by molar-refractivity contribution is 5.89. The Balaban J connectivity index is 1.81. The van der Waals surface area contributed by atoms with Crippen LogP contribution in [0.25, 0.3) is 10.9 Å². The standard InChI is InChI=1S/C15H15N3O/c1-10-12(11-4-2-3-5-13(11)18-10)8-17-14(19)15(9-16)6-7-15/h2-5,18H,6-8H2,1H3,(H,17,19). The van der Waals surface area contributed by atoms with E-state index < -0.39 is 5.41 Å². The molecule has 1 heterocycles. The Morgan fingerprint density at radius 1 is 1.47 bits per heavy atom. The highest BCUT2D eigenvalue weighted by Crippen LogP contribution is 2.45. The zero-order valence-corrected chi connectivity index (χ0v) is 10.8. The van der Waals surface area contributed by atoms with Crippen LogP contribution in [-0.2, 0) is 11.3 Å². The van der Waals surface area contributed by atoms with Crippen molar-refractivity contribution in [2.75, 3.05) is 0 Å². The summed E-state index contributed by atoms with van der Waals surface area (Å²) in [5, 5.41) is 13.0. The number of carbonyl (C=O) groups is 1. The number of hydrogen-bond acceptors (Lipinski definition) is 2. The van der Waals surface area contributed by atoms with Crippen LogP contribution in [-0.4, -0.2) is 10.9 Å². The number of benzene rings is 1. The van der Waals surface area contributed by atoms with E-state index in [2.05, 4.69) is 16.4 Å². The minimum absolute atomic E-state index is 0.139. The maximum absolute atomic E-state index is 12.0. The first kappa shape index (κ1) is 11.8. The van der Waals surface area contributed by atoms with Gasteiger partial charge < -0.3 is 10.3 Å². The Morgan fingerprint density at radius 3 is 2.89 bits per heavy atom. The number of rotatable bonds is 3. The number of amides is 1. The summed E-state index contributed by atoms with van der Waals surface area (Å²) in [6, 6.07) is 10.1. The molecule has 3 rings (SSSR count).